The topological polar surface area (TPSA) is 63.2 Å². The molecule has 0 aromatic heterocycles. The van der Waals surface area contributed by atoms with Gasteiger partial charge in [0.2, 0.25) is 48.0 Å². The van der Waals surface area contributed by atoms with Gasteiger partial charge in [-0.25, -0.2) is 0 Å². The molecular formula is H4I2O3S. The van der Waals surface area contributed by atoms with Crippen molar-refractivity contribution in [3.05, 3.63) is 0 Å². The van der Waals surface area contributed by atoms with Gasteiger partial charge in [0.25, 0.3) is 0 Å². The second-order valence-corrected chi connectivity index (χ2v) is 0.612. The Morgan fingerprint density at radius 1 is 1.17 bits per heavy atom. The predicted octanol–water partition coefficient (Wildman–Crippen LogP) is -8.07. The first kappa shape index (κ1) is 15.6. The molecule has 0 aliphatic carbocycles. The molecule has 0 radical (unpaired) electrons. The van der Waals surface area contributed by atoms with E-state index >= 15 is 0 Å². The first-order valence-electron chi connectivity index (χ1n) is 0.500. The molecule has 0 aliphatic rings. The molecule has 6 heteroatoms. The van der Waals surface area contributed by atoms with Gasteiger partial charge in [0.1, 0.15) is 0 Å². The summed E-state index contributed by atoms with van der Waals surface area (Å²) in [5.41, 5.74) is 0. The number of halogens is 2. The highest BCUT2D eigenvalue weighted by Crippen LogP contribution is 1.42. The van der Waals surface area contributed by atoms with Crippen LogP contribution in [0, 0.1) is 0 Å². The molecular weight excluding hydrogens is 334 g/mol. The molecule has 0 atom stereocenters. The van der Waals surface area contributed by atoms with E-state index in [4.69, 9.17) is 13.3 Å². The highest BCUT2D eigenvalue weighted by atomic mass is 127. The van der Waals surface area contributed by atoms with Crippen molar-refractivity contribution in [1.29, 1.82) is 0 Å². The van der Waals surface area contributed by atoms with Gasteiger partial charge in [-0.2, -0.15) is 0 Å². The third-order valence-electron chi connectivity index (χ3n) is 0. The van der Waals surface area contributed by atoms with E-state index in [0.29, 0.717) is 0 Å². The van der Waals surface area contributed by atoms with E-state index in [1.165, 1.54) is 0 Å². The summed E-state index contributed by atoms with van der Waals surface area (Å²) in [5.74, 6) is 0. The van der Waals surface area contributed by atoms with Crippen LogP contribution in [0.1, 0.15) is 0 Å². The quantitative estimate of drug-likeness (QED) is 0.326. The fraction of sp³-hybridized carbons (Fsp3) is 0. The van der Waals surface area contributed by atoms with Crippen molar-refractivity contribution in [1.82, 2.24) is 0 Å². The van der Waals surface area contributed by atoms with Crippen LogP contribution >= 0.6 is 0 Å². The molecule has 42 valence electrons. The van der Waals surface area contributed by atoms with E-state index in [0.717, 1.165) is 0 Å². The van der Waals surface area contributed by atoms with Crippen LogP contribution in [0.2, 0.25) is 0 Å². The molecule has 0 bridgehead atoms. The van der Waals surface area contributed by atoms with Crippen molar-refractivity contribution in [3.63, 3.8) is 0 Å². The second kappa shape index (κ2) is 9.73. The normalized spacial score (nSPS) is 5.83. The van der Waals surface area contributed by atoms with E-state index in [1.54, 1.807) is 0 Å². The first-order chi connectivity index (χ1) is 1.73. The Labute approximate surface area is 72.0 Å². The van der Waals surface area contributed by atoms with Gasteiger partial charge in [0, 0.05) is 0 Å². The van der Waals surface area contributed by atoms with Crippen molar-refractivity contribution in [3.8, 4) is 0 Å². The van der Waals surface area contributed by atoms with Gasteiger partial charge in [-0.3, -0.25) is 4.21 Å². The minimum atomic E-state index is -3.11. The highest BCUT2D eigenvalue weighted by molar-refractivity contribution is 7.72. The van der Waals surface area contributed by atoms with Crippen LogP contribution in [0.15, 0.2) is 0 Å². The molecule has 6 heavy (non-hydrogen) atoms. The summed E-state index contributed by atoms with van der Waals surface area (Å²) in [5, 5.41) is 0. The largest absolute Gasteiger partial charge is 0.784 e. The Morgan fingerprint density at radius 3 is 1.17 bits per heavy atom. The maximum absolute atomic E-state index is 8.44. The monoisotopic (exact) mass is 338 g/mol. The summed E-state index contributed by atoms with van der Waals surface area (Å²) in [6.07, 6.45) is 0. The van der Waals surface area contributed by atoms with Crippen LogP contribution in [0.4, 0.5) is 0 Å². The summed E-state index contributed by atoms with van der Waals surface area (Å²) in [6.45, 7) is 0. The third kappa shape index (κ3) is 48.5. The van der Waals surface area contributed by atoms with Crippen LogP contribution in [-0.2, 0) is 11.4 Å². The Kier molecular flexibility index (Phi) is 25.4. The van der Waals surface area contributed by atoms with Gasteiger partial charge in [-0.05, 0) is 0 Å². The van der Waals surface area contributed by atoms with Gasteiger partial charge >= 0.3 is 0 Å². The zero-order valence-corrected chi connectivity index (χ0v) is 8.45. The molecule has 0 unspecified atom stereocenters. The molecule has 0 amide bonds. The van der Waals surface area contributed by atoms with Crippen molar-refractivity contribution in [2.45, 2.75) is 0 Å². The maximum Gasteiger partial charge on any atom is 0.235 e. The number of rotatable bonds is 0. The zero-order chi connectivity index (χ0) is 3.58. The smallest absolute Gasteiger partial charge is 0.235 e. The molecule has 0 rings (SSSR count). The van der Waals surface area contributed by atoms with Crippen molar-refractivity contribution in [2.24, 2.45) is 0 Å². The van der Waals surface area contributed by atoms with E-state index < -0.39 is 11.4 Å². The average Bonchev–Trinajstić information content (AvgIpc) is 0.811. The standard InChI is InChI=1S/2H2I.H2O3S/c;;1-4(2)3/h2*1H2;(H2,1,2,3)/q2*+1;/p-2. The van der Waals surface area contributed by atoms with E-state index in [2.05, 4.69) is 0 Å². The number of hydrogen-bond acceptors (Lipinski definition) is 3. The third-order valence-corrected chi connectivity index (χ3v) is 0. The summed E-state index contributed by atoms with van der Waals surface area (Å²) in [6, 6.07) is 0. The average molecular weight is 338 g/mol. The fourth-order valence-corrected chi connectivity index (χ4v) is 0. The minimum Gasteiger partial charge on any atom is -0.784 e. The lowest BCUT2D eigenvalue weighted by Crippen LogP contribution is -3.00. The molecule has 0 saturated heterocycles. The van der Waals surface area contributed by atoms with Crippen LogP contribution in [-0.4, -0.2) is 13.3 Å². The van der Waals surface area contributed by atoms with Crippen LogP contribution in [0.25, 0.3) is 0 Å². The van der Waals surface area contributed by atoms with E-state index in [-0.39, 0.29) is 48.0 Å². The Hall–Kier alpha value is 1.53. The minimum absolute atomic E-state index is 0. The lowest BCUT2D eigenvalue weighted by Gasteiger charge is -2.03. The van der Waals surface area contributed by atoms with E-state index in [1.807, 2.05) is 0 Å². The van der Waals surface area contributed by atoms with Gasteiger partial charge in [0.05, 0.1) is 0 Å². The summed E-state index contributed by atoms with van der Waals surface area (Å²) in [7, 11) is 0. The van der Waals surface area contributed by atoms with Gasteiger partial charge in [-0.1, -0.05) is 0 Å². The molecule has 0 heterocycles. The number of hydrogen-bond donors (Lipinski definition) is 0. The highest BCUT2D eigenvalue weighted by Gasteiger charge is 1.20. The molecule has 0 saturated carbocycles. The van der Waals surface area contributed by atoms with Gasteiger partial charge < -0.3 is 9.11 Å². The van der Waals surface area contributed by atoms with Crippen molar-refractivity contribution < 1.29 is 61.3 Å². The van der Waals surface area contributed by atoms with Crippen molar-refractivity contribution in [2.75, 3.05) is 0 Å². The summed E-state index contributed by atoms with van der Waals surface area (Å²) < 4.78 is 25.3. The molecule has 0 spiro atoms. The van der Waals surface area contributed by atoms with Crippen LogP contribution < -0.4 is 48.0 Å². The van der Waals surface area contributed by atoms with Crippen molar-refractivity contribution >= 4 is 11.4 Å². The summed E-state index contributed by atoms with van der Waals surface area (Å²) >= 11 is -3.11. The van der Waals surface area contributed by atoms with Crippen LogP contribution in [0.3, 0.4) is 0 Å². The molecule has 0 fully saturated rings. The van der Waals surface area contributed by atoms with Gasteiger partial charge in [-0.15, -0.1) is 11.4 Å². The summed E-state index contributed by atoms with van der Waals surface area (Å²) in [4.78, 5) is 0. The molecule has 0 aromatic carbocycles. The Balaban J connectivity index is -0.0000000450. The Morgan fingerprint density at radius 2 is 1.17 bits per heavy atom. The lowest BCUT2D eigenvalue weighted by molar-refractivity contribution is -0.001000. The zero-order valence-electron chi connectivity index (χ0n) is 2.53. The lowest BCUT2D eigenvalue weighted by atomic mass is 15.8. The first-order valence-corrected chi connectivity index (χ1v) is 1.50. The SMILES string of the molecule is O=S([O-])[O-].[IH2+].[IH2+]. The van der Waals surface area contributed by atoms with Gasteiger partial charge in [0.15, 0.2) is 0 Å². The molecule has 0 aromatic rings. The second-order valence-electron chi connectivity index (χ2n) is 0.204. The van der Waals surface area contributed by atoms with Crippen LogP contribution in [0.5, 0.6) is 0 Å². The fourth-order valence-electron chi connectivity index (χ4n) is 0. The maximum atomic E-state index is 8.44. The molecule has 0 N–H and O–H groups in total. The molecule has 0 aliphatic heterocycles. The molecule has 3 nitrogen and oxygen atoms in total. The van der Waals surface area contributed by atoms with E-state index in [9.17, 15) is 0 Å². The Bertz CT molecular complexity index is 31.8. The predicted molar refractivity (Wildman–Crippen MR) is 15.3 cm³/mol.